The minimum Gasteiger partial charge on any atom is -0.358 e. The van der Waals surface area contributed by atoms with E-state index in [2.05, 4.69) is 50.0 Å². The third-order valence-corrected chi connectivity index (χ3v) is 4.30. The molecule has 0 saturated heterocycles. The second-order valence-electron chi connectivity index (χ2n) is 6.04. The molecule has 2 nitrogen and oxygen atoms in total. The van der Waals surface area contributed by atoms with Crippen molar-refractivity contribution in [1.29, 1.82) is 0 Å². The van der Waals surface area contributed by atoms with Gasteiger partial charge in [-0.15, -0.1) is 12.8 Å². The highest BCUT2D eigenvalue weighted by Crippen LogP contribution is 2.51. The normalized spacial score (nSPS) is 19.0. The molecule has 0 spiro atoms. The van der Waals surface area contributed by atoms with Crippen molar-refractivity contribution in [3.63, 3.8) is 0 Å². The molecular formula is C21H20O2. The standard InChI is InChI=1S/C21H20O2/c1-5-11-22-20-17-13-15-9-7-8-10-16(15)19(18(17)14(3)4)21(20)23-12-6-2/h1-2,7-10,13-14,20-21H,11-12H2,3-4H3. The molecule has 0 aliphatic heterocycles. The van der Waals surface area contributed by atoms with E-state index in [4.69, 9.17) is 22.3 Å². The molecule has 2 heteroatoms. The maximum atomic E-state index is 5.98. The summed E-state index contributed by atoms with van der Waals surface area (Å²) in [7, 11) is 0. The van der Waals surface area contributed by atoms with Gasteiger partial charge in [-0.3, -0.25) is 0 Å². The maximum absolute atomic E-state index is 5.98. The molecule has 2 atom stereocenters. The van der Waals surface area contributed by atoms with Crippen LogP contribution in [0.15, 0.2) is 30.3 Å². The summed E-state index contributed by atoms with van der Waals surface area (Å²) in [4.78, 5) is 0. The first-order valence-corrected chi connectivity index (χ1v) is 7.84. The number of fused-ring (bicyclic) bond motifs is 4. The van der Waals surface area contributed by atoms with Gasteiger partial charge in [0.15, 0.2) is 0 Å². The molecule has 2 aromatic rings. The van der Waals surface area contributed by atoms with Gasteiger partial charge in [-0.1, -0.05) is 50.0 Å². The molecular weight excluding hydrogens is 284 g/mol. The smallest absolute Gasteiger partial charge is 0.115 e. The molecule has 116 valence electrons. The van der Waals surface area contributed by atoms with Crippen LogP contribution < -0.4 is 0 Å². The molecule has 23 heavy (non-hydrogen) atoms. The van der Waals surface area contributed by atoms with E-state index in [1.54, 1.807) is 0 Å². The summed E-state index contributed by atoms with van der Waals surface area (Å²) >= 11 is 0. The Morgan fingerprint density at radius 1 is 1.04 bits per heavy atom. The summed E-state index contributed by atoms with van der Waals surface area (Å²) < 4.78 is 11.9. The molecule has 0 heterocycles. The van der Waals surface area contributed by atoms with Crippen molar-refractivity contribution in [2.45, 2.75) is 32.0 Å². The number of rotatable bonds is 5. The first-order valence-electron chi connectivity index (χ1n) is 7.84. The number of hydrogen-bond donors (Lipinski definition) is 0. The first-order chi connectivity index (χ1) is 11.2. The predicted octanol–water partition coefficient (Wildman–Crippen LogP) is 4.36. The van der Waals surface area contributed by atoms with E-state index < -0.39 is 0 Å². The first kappa shape index (κ1) is 15.6. The largest absolute Gasteiger partial charge is 0.358 e. The van der Waals surface area contributed by atoms with Crippen LogP contribution in [-0.4, -0.2) is 13.2 Å². The maximum Gasteiger partial charge on any atom is 0.115 e. The van der Waals surface area contributed by atoms with Gasteiger partial charge in [-0.25, -0.2) is 0 Å². The second-order valence-corrected chi connectivity index (χ2v) is 6.04. The van der Waals surface area contributed by atoms with Gasteiger partial charge in [-0.2, -0.15) is 0 Å². The number of benzene rings is 2. The Bertz CT molecular complexity index is 805. The molecule has 0 aromatic heterocycles. The zero-order chi connectivity index (χ0) is 16.4. The van der Waals surface area contributed by atoms with Gasteiger partial charge >= 0.3 is 0 Å². The Morgan fingerprint density at radius 3 is 2.35 bits per heavy atom. The summed E-state index contributed by atoms with van der Waals surface area (Å²) in [6, 6.07) is 10.6. The Morgan fingerprint density at radius 2 is 1.70 bits per heavy atom. The molecule has 0 N–H and O–H groups in total. The van der Waals surface area contributed by atoms with Gasteiger partial charge in [-0.05, 0) is 39.4 Å². The van der Waals surface area contributed by atoms with Crippen molar-refractivity contribution in [3.05, 3.63) is 47.0 Å². The fourth-order valence-corrected chi connectivity index (χ4v) is 3.54. The van der Waals surface area contributed by atoms with Crippen molar-refractivity contribution >= 4 is 10.8 Å². The van der Waals surface area contributed by atoms with Crippen LogP contribution >= 0.6 is 0 Å². The Labute approximate surface area is 137 Å². The van der Waals surface area contributed by atoms with Crippen molar-refractivity contribution in [2.24, 2.45) is 0 Å². The van der Waals surface area contributed by atoms with Crippen LogP contribution in [0.25, 0.3) is 10.8 Å². The molecule has 2 aromatic carbocycles. The van der Waals surface area contributed by atoms with Crippen molar-refractivity contribution < 1.29 is 9.47 Å². The molecule has 0 fully saturated rings. The summed E-state index contributed by atoms with van der Waals surface area (Å²) in [6.07, 6.45) is 10.4. The van der Waals surface area contributed by atoms with E-state index >= 15 is 0 Å². The van der Waals surface area contributed by atoms with E-state index in [1.807, 2.05) is 6.07 Å². The molecule has 1 aliphatic rings. The fourth-order valence-electron chi connectivity index (χ4n) is 3.54. The topological polar surface area (TPSA) is 18.5 Å². The fraction of sp³-hybridized carbons (Fsp3) is 0.333. The van der Waals surface area contributed by atoms with Crippen LogP contribution in [0.3, 0.4) is 0 Å². The average molecular weight is 304 g/mol. The van der Waals surface area contributed by atoms with Gasteiger partial charge in [0.1, 0.15) is 25.4 Å². The summed E-state index contributed by atoms with van der Waals surface area (Å²) in [6.45, 7) is 4.90. The quantitative estimate of drug-likeness (QED) is 0.764. The highest BCUT2D eigenvalue weighted by atomic mass is 16.5. The lowest BCUT2D eigenvalue weighted by molar-refractivity contribution is -0.0528. The van der Waals surface area contributed by atoms with Crippen LogP contribution in [0.2, 0.25) is 0 Å². The second kappa shape index (κ2) is 6.47. The summed E-state index contributed by atoms with van der Waals surface area (Å²) in [5.74, 6) is 5.49. The summed E-state index contributed by atoms with van der Waals surface area (Å²) in [5, 5.41) is 2.40. The zero-order valence-electron chi connectivity index (χ0n) is 13.5. The molecule has 0 saturated carbocycles. The van der Waals surface area contributed by atoms with Gasteiger partial charge < -0.3 is 9.47 Å². The van der Waals surface area contributed by atoms with E-state index in [0.29, 0.717) is 5.92 Å². The van der Waals surface area contributed by atoms with Crippen molar-refractivity contribution in [2.75, 3.05) is 13.2 Å². The van der Waals surface area contributed by atoms with Crippen LogP contribution in [0.4, 0.5) is 0 Å². The van der Waals surface area contributed by atoms with E-state index in [-0.39, 0.29) is 25.4 Å². The number of hydrogen-bond acceptors (Lipinski definition) is 2. The lowest BCUT2D eigenvalue weighted by Gasteiger charge is -2.20. The van der Waals surface area contributed by atoms with Crippen molar-refractivity contribution in [1.82, 2.24) is 0 Å². The van der Waals surface area contributed by atoms with Crippen LogP contribution in [0, 0.1) is 24.7 Å². The molecule has 2 bridgehead atoms. The lowest BCUT2D eigenvalue weighted by atomic mass is 9.92. The Balaban J connectivity index is 2.20. The van der Waals surface area contributed by atoms with Crippen LogP contribution in [0.1, 0.15) is 48.7 Å². The zero-order valence-corrected chi connectivity index (χ0v) is 13.5. The van der Waals surface area contributed by atoms with Crippen LogP contribution in [0.5, 0.6) is 0 Å². The third-order valence-electron chi connectivity index (χ3n) is 4.30. The van der Waals surface area contributed by atoms with E-state index in [0.717, 1.165) is 0 Å². The average Bonchev–Trinajstić information content (AvgIpc) is 2.78. The predicted molar refractivity (Wildman–Crippen MR) is 93.1 cm³/mol. The lowest BCUT2D eigenvalue weighted by Crippen LogP contribution is -2.13. The van der Waals surface area contributed by atoms with Crippen LogP contribution in [-0.2, 0) is 9.47 Å². The number of terminal acetylenes is 2. The summed E-state index contributed by atoms with van der Waals surface area (Å²) in [5.41, 5.74) is 3.67. The highest BCUT2D eigenvalue weighted by molar-refractivity contribution is 5.90. The molecule has 1 aliphatic carbocycles. The van der Waals surface area contributed by atoms with Gasteiger partial charge in [0, 0.05) is 0 Å². The van der Waals surface area contributed by atoms with E-state index in [1.165, 1.54) is 27.5 Å². The number of ether oxygens (including phenoxy) is 2. The van der Waals surface area contributed by atoms with Gasteiger partial charge in [0.05, 0.1) is 0 Å². The Kier molecular flexibility index (Phi) is 4.39. The minimum atomic E-state index is -0.202. The SMILES string of the molecule is C#CCOC1c2cc3ccccc3c(c2C(C)C)C1OCC#C. The molecule has 2 unspecified atom stereocenters. The van der Waals surface area contributed by atoms with Gasteiger partial charge in [0.25, 0.3) is 0 Å². The molecule has 0 amide bonds. The third kappa shape index (κ3) is 2.62. The minimum absolute atomic E-state index is 0.195. The van der Waals surface area contributed by atoms with Gasteiger partial charge in [0.2, 0.25) is 0 Å². The van der Waals surface area contributed by atoms with Crippen molar-refractivity contribution in [3.8, 4) is 24.7 Å². The Hall–Kier alpha value is -2.26. The highest BCUT2D eigenvalue weighted by Gasteiger charge is 2.39. The molecule has 3 rings (SSSR count). The van der Waals surface area contributed by atoms with E-state index in [9.17, 15) is 0 Å². The molecule has 0 radical (unpaired) electrons. The monoisotopic (exact) mass is 304 g/mol.